The highest BCUT2D eigenvalue weighted by molar-refractivity contribution is 5.92. The maximum absolute atomic E-state index is 12.7. The average Bonchev–Trinajstić information content (AvgIpc) is 3.07. The van der Waals surface area contributed by atoms with E-state index in [1.165, 1.54) is 5.56 Å². The van der Waals surface area contributed by atoms with E-state index in [1.807, 2.05) is 42.8 Å². The molecule has 1 atom stereocenters. The van der Waals surface area contributed by atoms with Gasteiger partial charge < -0.3 is 9.47 Å². The summed E-state index contributed by atoms with van der Waals surface area (Å²) < 4.78 is 2.04. The van der Waals surface area contributed by atoms with E-state index >= 15 is 0 Å². The van der Waals surface area contributed by atoms with Gasteiger partial charge in [-0.25, -0.2) is 9.97 Å². The number of aryl methyl sites for hydroxylation is 2. The summed E-state index contributed by atoms with van der Waals surface area (Å²) in [6.07, 6.45) is 10.1. The molecule has 29 heavy (non-hydrogen) atoms. The summed E-state index contributed by atoms with van der Waals surface area (Å²) in [6.45, 7) is 5.38. The van der Waals surface area contributed by atoms with Gasteiger partial charge in [0.15, 0.2) is 0 Å². The molecular formula is C22H26N6O. The maximum Gasteiger partial charge on any atom is 0.274 e. The standard InChI is InChI=1S/C22H26N6O/c1-15-10-25-20(12-23-15)22(29)28-8-4-5-18(14-28)9-17-6-7-19(26-11-17)21-13-24-16(2)27(21)3/h6-7,10-13,18H,4-5,8-9,14H2,1-3H3. The first kappa shape index (κ1) is 19.2. The van der Waals surface area contributed by atoms with Gasteiger partial charge in [-0.15, -0.1) is 0 Å². The zero-order valence-electron chi connectivity index (χ0n) is 17.2. The molecule has 0 radical (unpaired) electrons. The van der Waals surface area contributed by atoms with Gasteiger partial charge in [-0.3, -0.25) is 14.8 Å². The highest BCUT2D eigenvalue weighted by atomic mass is 16.2. The second-order valence-electron chi connectivity index (χ2n) is 7.81. The first-order chi connectivity index (χ1) is 14.0. The van der Waals surface area contributed by atoms with Crippen molar-refractivity contribution in [1.82, 2.24) is 29.4 Å². The molecule has 0 bridgehead atoms. The monoisotopic (exact) mass is 390 g/mol. The number of hydrogen-bond donors (Lipinski definition) is 0. The summed E-state index contributed by atoms with van der Waals surface area (Å²) >= 11 is 0. The molecule has 0 N–H and O–H groups in total. The third-order valence-electron chi connectivity index (χ3n) is 5.64. The maximum atomic E-state index is 12.7. The summed E-state index contributed by atoms with van der Waals surface area (Å²) in [5.74, 6) is 1.37. The van der Waals surface area contributed by atoms with Crippen LogP contribution in [0.5, 0.6) is 0 Å². The lowest BCUT2D eigenvalue weighted by atomic mass is 9.91. The number of nitrogens with zero attached hydrogens (tertiary/aromatic N) is 6. The van der Waals surface area contributed by atoms with Crippen LogP contribution in [0.1, 0.15) is 40.4 Å². The van der Waals surface area contributed by atoms with Crippen LogP contribution in [0.4, 0.5) is 0 Å². The van der Waals surface area contributed by atoms with E-state index in [9.17, 15) is 4.79 Å². The molecule has 3 aromatic heterocycles. The van der Waals surface area contributed by atoms with E-state index in [2.05, 4.69) is 32.1 Å². The smallest absolute Gasteiger partial charge is 0.274 e. The molecule has 1 unspecified atom stereocenters. The van der Waals surface area contributed by atoms with E-state index in [1.54, 1.807) is 12.4 Å². The normalized spacial score (nSPS) is 16.8. The average molecular weight is 390 g/mol. The molecule has 4 rings (SSSR count). The van der Waals surface area contributed by atoms with Crippen LogP contribution in [0.3, 0.4) is 0 Å². The predicted octanol–water partition coefficient (Wildman–Crippen LogP) is 2.98. The van der Waals surface area contributed by atoms with Gasteiger partial charge >= 0.3 is 0 Å². The number of amides is 1. The molecule has 1 fully saturated rings. The number of rotatable bonds is 4. The predicted molar refractivity (Wildman–Crippen MR) is 110 cm³/mol. The first-order valence-electron chi connectivity index (χ1n) is 10.0. The minimum atomic E-state index is -0.0257. The first-order valence-corrected chi connectivity index (χ1v) is 10.0. The molecule has 1 saturated heterocycles. The van der Waals surface area contributed by atoms with Gasteiger partial charge in [0.1, 0.15) is 11.5 Å². The molecular weight excluding hydrogens is 364 g/mol. The molecule has 0 aromatic carbocycles. The summed E-state index contributed by atoms with van der Waals surface area (Å²) in [6, 6.07) is 4.19. The molecule has 0 spiro atoms. The van der Waals surface area contributed by atoms with Gasteiger partial charge in [-0.05, 0) is 50.7 Å². The van der Waals surface area contributed by atoms with Gasteiger partial charge in [-0.2, -0.15) is 0 Å². The van der Waals surface area contributed by atoms with Crippen molar-refractivity contribution >= 4 is 5.91 Å². The largest absolute Gasteiger partial charge is 0.337 e. The second kappa shape index (κ2) is 8.11. The van der Waals surface area contributed by atoms with Gasteiger partial charge in [0.2, 0.25) is 0 Å². The fourth-order valence-electron chi connectivity index (χ4n) is 3.85. The van der Waals surface area contributed by atoms with E-state index in [0.29, 0.717) is 11.6 Å². The Morgan fingerprint density at radius 2 is 1.93 bits per heavy atom. The lowest BCUT2D eigenvalue weighted by Crippen LogP contribution is -2.40. The quantitative estimate of drug-likeness (QED) is 0.684. The number of likely N-dealkylation sites (tertiary alicyclic amines) is 1. The van der Waals surface area contributed by atoms with Crippen LogP contribution < -0.4 is 0 Å². The molecule has 1 aliphatic rings. The highest BCUT2D eigenvalue weighted by Gasteiger charge is 2.25. The Bertz CT molecular complexity index is 993. The van der Waals surface area contributed by atoms with E-state index < -0.39 is 0 Å². The fraction of sp³-hybridized carbons (Fsp3) is 0.409. The Morgan fingerprint density at radius 3 is 2.59 bits per heavy atom. The molecule has 150 valence electrons. The molecule has 7 heteroatoms. The second-order valence-corrected chi connectivity index (χ2v) is 7.81. The van der Waals surface area contributed by atoms with Gasteiger partial charge in [0, 0.05) is 32.5 Å². The van der Waals surface area contributed by atoms with Crippen molar-refractivity contribution in [2.24, 2.45) is 13.0 Å². The summed E-state index contributed by atoms with van der Waals surface area (Å²) in [4.78, 5) is 32.1. The minimum Gasteiger partial charge on any atom is -0.337 e. The number of pyridine rings is 1. The molecule has 0 saturated carbocycles. The van der Waals surface area contributed by atoms with Crippen molar-refractivity contribution in [1.29, 1.82) is 0 Å². The van der Waals surface area contributed by atoms with Crippen LogP contribution in [0.15, 0.2) is 36.9 Å². The number of imidazole rings is 1. The molecule has 7 nitrogen and oxygen atoms in total. The molecule has 4 heterocycles. The van der Waals surface area contributed by atoms with Crippen molar-refractivity contribution in [3.05, 3.63) is 59.7 Å². The zero-order valence-corrected chi connectivity index (χ0v) is 17.2. The molecule has 0 aliphatic carbocycles. The van der Waals surface area contributed by atoms with Crippen molar-refractivity contribution in [3.8, 4) is 11.4 Å². The van der Waals surface area contributed by atoms with Gasteiger partial charge in [0.25, 0.3) is 5.91 Å². The third-order valence-corrected chi connectivity index (χ3v) is 5.64. The van der Waals surface area contributed by atoms with Crippen LogP contribution >= 0.6 is 0 Å². The topological polar surface area (TPSA) is 76.8 Å². The molecule has 3 aromatic rings. The Kier molecular flexibility index (Phi) is 5.38. The summed E-state index contributed by atoms with van der Waals surface area (Å²) in [7, 11) is 2.00. The Morgan fingerprint density at radius 1 is 1.07 bits per heavy atom. The number of aromatic nitrogens is 5. The van der Waals surface area contributed by atoms with E-state index in [4.69, 9.17) is 0 Å². The number of hydrogen-bond acceptors (Lipinski definition) is 5. The minimum absolute atomic E-state index is 0.0257. The third kappa shape index (κ3) is 4.18. The van der Waals surface area contributed by atoms with Crippen LogP contribution in [-0.4, -0.2) is 48.4 Å². The number of carbonyl (C=O) groups is 1. The highest BCUT2D eigenvalue weighted by Crippen LogP contribution is 2.23. The Balaban J connectivity index is 1.41. The Labute approximate surface area is 170 Å². The summed E-state index contributed by atoms with van der Waals surface area (Å²) in [5, 5.41) is 0. The van der Waals surface area contributed by atoms with Crippen molar-refractivity contribution < 1.29 is 4.79 Å². The molecule has 1 aliphatic heterocycles. The Hall–Kier alpha value is -3.09. The van der Waals surface area contributed by atoms with Crippen LogP contribution in [0.25, 0.3) is 11.4 Å². The van der Waals surface area contributed by atoms with Crippen LogP contribution in [0, 0.1) is 19.8 Å². The fourth-order valence-corrected chi connectivity index (χ4v) is 3.85. The van der Waals surface area contributed by atoms with E-state index in [0.717, 1.165) is 55.3 Å². The number of piperidine rings is 1. The van der Waals surface area contributed by atoms with Gasteiger partial charge in [0.05, 0.1) is 29.5 Å². The van der Waals surface area contributed by atoms with E-state index in [-0.39, 0.29) is 5.91 Å². The van der Waals surface area contributed by atoms with Crippen molar-refractivity contribution in [3.63, 3.8) is 0 Å². The van der Waals surface area contributed by atoms with Gasteiger partial charge in [-0.1, -0.05) is 6.07 Å². The lowest BCUT2D eigenvalue weighted by molar-refractivity contribution is 0.0667. The zero-order chi connectivity index (χ0) is 20.4. The SMILES string of the molecule is Cc1cnc(C(=O)N2CCCC(Cc3ccc(-c4cnc(C)n4C)nc3)C2)cn1. The summed E-state index contributed by atoms with van der Waals surface area (Å²) in [5.41, 5.74) is 4.38. The molecule has 1 amide bonds. The lowest BCUT2D eigenvalue weighted by Gasteiger charge is -2.32. The van der Waals surface area contributed by atoms with Crippen molar-refractivity contribution in [2.75, 3.05) is 13.1 Å². The number of carbonyl (C=O) groups excluding carboxylic acids is 1. The van der Waals surface area contributed by atoms with Crippen LogP contribution in [0.2, 0.25) is 0 Å². The van der Waals surface area contributed by atoms with Crippen molar-refractivity contribution in [2.45, 2.75) is 33.1 Å². The van der Waals surface area contributed by atoms with Crippen LogP contribution in [-0.2, 0) is 13.5 Å².